The molecule has 0 saturated heterocycles. The zero-order valence-electron chi connectivity index (χ0n) is 15.8. The Morgan fingerprint density at radius 2 is 2.13 bits per heavy atom. The average Bonchev–Trinajstić information content (AvgIpc) is 3.44. The molecule has 3 heterocycles. The Kier molecular flexibility index (Phi) is 5.53. The summed E-state index contributed by atoms with van der Waals surface area (Å²) >= 11 is 5.76. The molecular weight excluding hydrogens is 411 g/mol. The van der Waals surface area contributed by atoms with Gasteiger partial charge in [0, 0.05) is 30.9 Å². The fraction of sp³-hybridized carbons (Fsp3) is 0.150. The van der Waals surface area contributed by atoms with E-state index < -0.39 is 5.82 Å². The molecule has 4 aromatic rings. The third kappa shape index (κ3) is 4.20. The van der Waals surface area contributed by atoms with Gasteiger partial charge in [-0.15, -0.1) is 0 Å². The van der Waals surface area contributed by atoms with Crippen LogP contribution in [0, 0.1) is 5.82 Å². The van der Waals surface area contributed by atoms with Crippen molar-refractivity contribution in [2.45, 2.75) is 19.9 Å². The Labute approximate surface area is 175 Å². The largest absolute Gasteiger partial charge is 0.347 e. The summed E-state index contributed by atoms with van der Waals surface area (Å²) in [6, 6.07) is 7.79. The number of imidazole rings is 1. The molecule has 0 bridgehead atoms. The van der Waals surface area contributed by atoms with Crippen LogP contribution in [0.15, 0.2) is 53.6 Å². The third-order valence-electron chi connectivity index (χ3n) is 4.29. The van der Waals surface area contributed by atoms with Crippen LogP contribution in [0.1, 0.15) is 28.8 Å². The van der Waals surface area contributed by atoms with Crippen molar-refractivity contribution in [3.8, 4) is 17.3 Å². The van der Waals surface area contributed by atoms with Gasteiger partial charge in [0.1, 0.15) is 23.7 Å². The smallest absolute Gasteiger partial charge is 0.271 e. The lowest BCUT2D eigenvalue weighted by Gasteiger charge is -2.04. The van der Waals surface area contributed by atoms with Crippen molar-refractivity contribution < 1.29 is 13.7 Å². The molecule has 0 fully saturated rings. The highest BCUT2D eigenvalue weighted by Crippen LogP contribution is 2.19. The number of halogens is 2. The van der Waals surface area contributed by atoms with Gasteiger partial charge < -0.3 is 9.84 Å². The van der Waals surface area contributed by atoms with Crippen molar-refractivity contribution in [3.05, 3.63) is 77.0 Å². The summed E-state index contributed by atoms with van der Waals surface area (Å²) in [5.74, 6) is 0.668. The summed E-state index contributed by atoms with van der Waals surface area (Å²) in [6.45, 7) is 2.13. The highest BCUT2D eigenvalue weighted by Gasteiger charge is 2.13. The molecule has 30 heavy (non-hydrogen) atoms. The van der Waals surface area contributed by atoms with Gasteiger partial charge in [-0.1, -0.05) is 29.7 Å². The fourth-order valence-electron chi connectivity index (χ4n) is 2.70. The molecule has 0 saturated carbocycles. The second kappa shape index (κ2) is 8.42. The first-order chi connectivity index (χ1) is 14.5. The monoisotopic (exact) mass is 426 g/mol. The highest BCUT2D eigenvalue weighted by molar-refractivity contribution is 6.30. The van der Waals surface area contributed by atoms with Crippen LogP contribution >= 0.6 is 11.6 Å². The van der Waals surface area contributed by atoms with Gasteiger partial charge in [0.15, 0.2) is 5.82 Å². The van der Waals surface area contributed by atoms with Crippen LogP contribution in [-0.2, 0) is 13.0 Å². The highest BCUT2D eigenvalue weighted by atomic mass is 35.5. The number of hydrogen-bond acceptors (Lipinski definition) is 6. The van der Waals surface area contributed by atoms with Gasteiger partial charge in [0.2, 0.25) is 0 Å². The number of nitrogens with zero attached hydrogens (tertiary/aromatic N) is 5. The quantitative estimate of drug-likeness (QED) is 0.505. The first-order valence-corrected chi connectivity index (χ1v) is 9.47. The topological polar surface area (TPSA) is 98.7 Å². The van der Waals surface area contributed by atoms with Crippen LogP contribution in [0.25, 0.3) is 17.3 Å². The molecule has 0 aliphatic heterocycles. The fourth-order valence-corrected chi connectivity index (χ4v) is 2.90. The van der Waals surface area contributed by atoms with Gasteiger partial charge in [-0.25, -0.2) is 14.4 Å². The predicted molar refractivity (Wildman–Crippen MR) is 107 cm³/mol. The number of aromatic nitrogens is 5. The number of carbonyl (C=O) groups excluding carboxylic acids is 1. The number of aryl methyl sites for hydroxylation is 1. The van der Waals surface area contributed by atoms with E-state index in [-0.39, 0.29) is 23.2 Å². The summed E-state index contributed by atoms with van der Waals surface area (Å²) < 4.78 is 20.1. The van der Waals surface area contributed by atoms with Gasteiger partial charge in [0.05, 0.1) is 5.02 Å². The molecule has 0 atom stereocenters. The zero-order valence-corrected chi connectivity index (χ0v) is 16.6. The normalized spacial score (nSPS) is 10.9. The molecule has 0 aliphatic rings. The van der Waals surface area contributed by atoms with Crippen LogP contribution in [0.2, 0.25) is 5.02 Å². The van der Waals surface area contributed by atoms with Crippen LogP contribution in [0.3, 0.4) is 0 Å². The van der Waals surface area contributed by atoms with E-state index in [0.717, 1.165) is 0 Å². The van der Waals surface area contributed by atoms with Gasteiger partial charge in [-0.3, -0.25) is 9.36 Å². The van der Waals surface area contributed by atoms with Gasteiger partial charge in [0.25, 0.3) is 11.8 Å². The first-order valence-electron chi connectivity index (χ1n) is 9.09. The van der Waals surface area contributed by atoms with E-state index >= 15 is 0 Å². The number of nitrogens with one attached hydrogen (secondary N) is 1. The van der Waals surface area contributed by atoms with Gasteiger partial charge >= 0.3 is 0 Å². The molecule has 0 aliphatic carbocycles. The molecule has 10 heteroatoms. The Morgan fingerprint density at radius 3 is 2.90 bits per heavy atom. The van der Waals surface area contributed by atoms with Crippen LogP contribution in [-0.4, -0.2) is 30.6 Å². The molecule has 8 nitrogen and oxygen atoms in total. The minimum atomic E-state index is -0.508. The molecule has 4 rings (SSSR count). The minimum Gasteiger partial charge on any atom is -0.347 e. The number of pyridine rings is 1. The second-order valence-electron chi connectivity index (χ2n) is 6.37. The lowest BCUT2D eigenvalue weighted by Crippen LogP contribution is -2.23. The summed E-state index contributed by atoms with van der Waals surface area (Å²) in [4.78, 5) is 25.1. The lowest BCUT2D eigenvalue weighted by atomic mass is 10.2. The van der Waals surface area contributed by atoms with Gasteiger partial charge in [-0.2, -0.15) is 4.98 Å². The Balaban J connectivity index is 1.47. The van der Waals surface area contributed by atoms with Crippen molar-refractivity contribution in [3.63, 3.8) is 0 Å². The molecule has 3 aromatic heterocycles. The summed E-state index contributed by atoms with van der Waals surface area (Å²) in [7, 11) is 0. The van der Waals surface area contributed by atoms with Crippen molar-refractivity contribution in [2.24, 2.45) is 0 Å². The molecule has 1 N–H and O–H groups in total. The maximum atomic E-state index is 13.2. The molecule has 152 valence electrons. The van der Waals surface area contributed by atoms with Gasteiger partial charge in [-0.05, 0) is 29.8 Å². The number of carbonyl (C=O) groups is 1. The van der Waals surface area contributed by atoms with Crippen molar-refractivity contribution >= 4 is 17.5 Å². The summed E-state index contributed by atoms with van der Waals surface area (Å²) in [5.41, 5.74) is 1.59. The van der Waals surface area contributed by atoms with E-state index in [0.29, 0.717) is 35.1 Å². The van der Waals surface area contributed by atoms with Crippen LogP contribution < -0.4 is 5.32 Å². The number of rotatable bonds is 6. The molecule has 0 radical (unpaired) electrons. The Hall–Kier alpha value is -3.59. The number of amides is 1. The summed E-state index contributed by atoms with van der Waals surface area (Å²) in [6.07, 6.45) is 5.33. The van der Waals surface area contributed by atoms with Crippen molar-refractivity contribution in [2.75, 3.05) is 0 Å². The van der Waals surface area contributed by atoms with E-state index in [4.69, 9.17) is 16.1 Å². The average molecular weight is 427 g/mol. The molecule has 1 amide bonds. The van der Waals surface area contributed by atoms with E-state index in [1.165, 1.54) is 18.5 Å². The molecular formula is C20H16ClFN6O2. The van der Waals surface area contributed by atoms with Crippen LogP contribution in [0.5, 0.6) is 0 Å². The lowest BCUT2D eigenvalue weighted by molar-refractivity contribution is 0.0946. The minimum absolute atomic E-state index is 0.00397. The maximum absolute atomic E-state index is 13.2. The zero-order chi connectivity index (χ0) is 21.1. The second-order valence-corrected chi connectivity index (χ2v) is 6.78. The van der Waals surface area contributed by atoms with Crippen molar-refractivity contribution in [1.82, 2.24) is 30.0 Å². The third-order valence-corrected chi connectivity index (χ3v) is 4.58. The van der Waals surface area contributed by atoms with E-state index in [1.807, 2.05) is 6.92 Å². The summed E-state index contributed by atoms with van der Waals surface area (Å²) in [5, 5.41) is 6.62. The van der Waals surface area contributed by atoms with E-state index in [9.17, 15) is 9.18 Å². The SMILES string of the molecule is CCc1noc(-c2ccnc(-n3cnc(C(=O)NCc4ccc(F)c(Cl)c4)c3)c2)n1. The van der Waals surface area contributed by atoms with E-state index in [2.05, 4.69) is 25.4 Å². The maximum Gasteiger partial charge on any atom is 0.271 e. The molecule has 0 spiro atoms. The van der Waals surface area contributed by atoms with Crippen LogP contribution in [0.4, 0.5) is 4.39 Å². The predicted octanol–water partition coefficient (Wildman–Crippen LogP) is 3.60. The Morgan fingerprint density at radius 1 is 1.27 bits per heavy atom. The Bertz CT molecular complexity index is 1210. The molecule has 0 unspecified atom stereocenters. The number of benzene rings is 1. The molecule has 1 aromatic carbocycles. The van der Waals surface area contributed by atoms with Crippen molar-refractivity contribution in [1.29, 1.82) is 0 Å². The first kappa shape index (κ1) is 19.7. The van der Waals surface area contributed by atoms with E-state index in [1.54, 1.807) is 35.2 Å². The standard InChI is InChI=1S/C20H16ClFN6O2/c1-2-17-26-20(30-27-17)13-5-6-23-18(8-13)28-10-16(25-11-28)19(29)24-9-12-3-4-15(22)14(21)7-12/h3-8,10-11H,2,9H2,1H3,(H,24,29). The number of hydrogen-bond donors (Lipinski definition) is 1.